The molecule has 0 unspecified atom stereocenters. The molecule has 0 aliphatic rings. The number of hydrogen-bond acceptors (Lipinski definition) is 2. The van der Waals surface area contributed by atoms with E-state index < -0.39 is 0 Å². The van der Waals surface area contributed by atoms with Crippen molar-refractivity contribution >= 4 is 23.2 Å². The third-order valence-corrected chi connectivity index (χ3v) is 3.08. The Balaban J connectivity index is 2.55. The molecule has 0 saturated heterocycles. The molecule has 0 spiro atoms. The van der Waals surface area contributed by atoms with Gasteiger partial charge in [0.2, 0.25) is 0 Å². The SMILES string of the molecule is CCc1nc(-c2ccc(Cl)c(Cl)c2)cc(=O)[nH]1. The lowest BCUT2D eigenvalue weighted by Crippen LogP contribution is -2.10. The first-order valence-electron chi connectivity index (χ1n) is 5.16. The van der Waals surface area contributed by atoms with Crippen LogP contribution in [0.1, 0.15) is 12.7 Å². The third kappa shape index (κ3) is 2.68. The molecule has 0 atom stereocenters. The number of halogens is 2. The second kappa shape index (κ2) is 4.90. The number of aromatic amines is 1. The number of aryl methyl sites for hydroxylation is 1. The van der Waals surface area contributed by atoms with Crippen LogP contribution in [0.5, 0.6) is 0 Å². The molecule has 1 aromatic heterocycles. The Morgan fingerprint density at radius 1 is 1.24 bits per heavy atom. The molecule has 0 aliphatic carbocycles. The molecule has 1 aromatic carbocycles. The maximum absolute atomic E-state index is 11.4. The maximum Gasteiger partial charge on any atom is 0.251 e. The van der Waals surface area contributed by atoms with Crippen molar-refractivity contribution in [3.05, 3.63) is 50.5 Å². The van der Waals surface area contributed by atoms with Crippen molar-refractivity contribution in [3.63, 3.8) is 0 Å². The molecule has 0 amide bonds. The first-order chi connectivity index (χ1) is 8.10. The van der Waals surface area contributed by atoms with Crippen LogP contribution in [-0.4, -0.2) is 9.97 Å². The fraction of sp³-hybridized carbons (Fsp3) is 0.167. The van der Waals surface area contributed by atoms with E-state index in [-0.39, 0.29) is 5.56 Å². The van der Waals surface area contributed by atoms with E-state index >= 15 is 0 Å². The molecule has 5 heteroatoms. The first kappa shape index (κ1) is 12.1. The summed E-state index contributed by atoms with van der Waals surface area (Å²) in [5, 5.41) is 0.931. The summed E-state index contributed by atoms with van der Waals surface area (Å²) in [5.74, 6) is 0.651. The number of hydrogen-bond donors (Lipinski definition) is 1. The Labute approximate surface area is 108 Å². The van der Waals surface area contributed by atoms with Crippen molar-refractivity contribution < 1.29 is 0 Å². The Morgan fingerprint density at radius 2 is 2.00 bits per heavy atom. The third-order valence-electron chi connectivity index (χ3n) is 2.34. The lowest BCUT2D eigenvalue weighted by molar-refractivity contribution is 0.924. The monoisotopic (exact) mass is 268 g/mol. The summed E-state index contributed by atoms with van der Waals surface area (Å²) in [5.41, 5.74) is 1.21. The fourth-order valence-electron chi connectivity index (χ4n) is 1.48. The minimum atomic E-state index is -0.169. The predicted octanol–water partition coefficient (Wildman–Crippen LogP) is 3.31. The van der Waals surface area contributed by atoms with Crippen LogP contribution in [0.3, 0.4) is 0 Å². The minimum Gasteiger partial charge on any atom is -0.311 e. The summed E-state index contributed by atoms with van der Waals surface area (Å²) >= 11 is 11.8. The molecule has 0 bridgehead atoms. The summed E-state index contributed by atoms with van der Waals surface area (Å²) in [6, 6.07) is 6.62. The van der Waals surface area contributed by atoms with Gasteiger partial charge >= 0.3 is 0 Å². The second-order valence-corrected chi connectivity index (χ2v) is 4.37. The van der Waals surface area contributed by atoms with Crippen LogP contribution in [0.4, 0.5) is 0 Å². The quantitative estimate of drug-likeness (QED) is 0.909. The van der Waals surface area contributed by atoms with Gasteiger partial charge in [-0.3, -0.25) is 4.79 Å². The van der Waals surface area contributed by atoms with Crippen LogP contribution < -0.4 is 5.56 Å². The molecular formula is C12H10Cl2N2O. The lowest BCUT2D eigenvalue weighted by Gasteiger charge is -2.04. The Hall–Kier alpha value is -1.32. The highest BCUT2D eigenvalue weighted by molar-refractivity contribution is 6.42. The average Bonchev–Trinajstić information content (AvgIpc) is 2.32. The van der Waals surface area contributed by atoms with Crippen molar-refractivity contribution in [2.24, 2.45) is 0 Å². The van der Waals surface area contributed by atoms with Crippen LogP contribution in [0.15, 0.2) is 29.1 Å². The van der Waals surface area contributed by atoms with Gasteiger partial charge in [-0.15, -0.1) is 0 Å². The van der Waals surface area contributed by atoms with Crippen LogP contribution in [0.25, 0.3) is 11.3 Å². The molecular weight excluding hydrogens is 259 g/mol. The van der Waals surface area contributed by atoms with Crippen molar-refractivity contribution in [1.82, 2.24) is 9.97 Å². The summed E-state index contributed by atoms with van der Waals surface area (Å²) in [6.45, 7) is 1.93. The number of rotatable bonds is 2. The molecule has 1 heterocycles. The van der Waals surface area contributed by atoms with Gasteiger partial charge in [-0.2, -0.15) is 0 Å². The minimum absolute atomic E-state index is 0.169. The topological polar surface area (TPSA) is 45.8 Å². The number of benzene rings is 1. The predicted molar refractivity (Wildman–Crippen MR) is 69.7 cm³/mol. The van der Waals surface area contributed by atoms with Gasteiger partial charge in [-0.05, 0) is 12.1 Å². The highest BCUT2D eigenvalue weighted by atomic mass is 35.5. The second-order valence-electron chi connectivity index (χ2n) is 3.56. The van der Waals surface area contributed by atoms with Gasteiger partial charge in [0, 0.05) is 18.1 Å². The van der Waals surface area contributed by atoms with Gasteiger partial charge < -0.3 is 4.98 Å². The highest BCUT2D eigenvalue weighted by Gasteiger charge is 2.05. The van der Waals surface area contributed by atoms with Crippen molar-refractivity contribution in [2.75, 3.05) is 0 Å². The van der Waals surface area contributed by atoms with Crippen LogP contribution in [0, 0.1) is 0 Å². The molecule has 2 rings (SSSR count). The summed E-state index contributed by atoms with van der Waals surface area (Å²) < 4.78 is 0. The largest absolute Gasteiger partial charge is 0.311 e. The number of nitrogens with zero attached hydrogens (tertiary/aromatic N) is 1. The number of aromatic nitrogens is 2. The molecule has 0 aliphatic heterocycles. The molecule has 2 aromatic rings. The molecule has 0 saturated carbocycles. The van der Waals surface area contributed by atoms with E-state index in [0.29, 0.717) is 28.0 Å². The zero-order valence-corrected chi connectivity index (χ0v) is 10.6. The van der Waals surface area contributed by atoms with E-state index in [0.717, 1.165) is 5.56 Å². The van der Waals surface area contributed by atoms with E-state index in [1.807, 2.05) is 6.92 Å². The summed E-state index contributed by atoms with van der Waals surface area (Å²) in [4.78, 5) is 18.4. The smallest absolute Gasteiger partial charge is 0.251 e. The zero-order chi connectivity index (χ0) is 12.4. The Bertz CT molecular complexity index is 608. The molecule has 0 radical (unpaired) electrons. The molecule has 0 fully saturated rings. The van der Waals surface area contributed by atoms with E-state index in [4.69, 9.17) is 23.2 Å². The zero-order valence-electron chi connectivity index (χ0n) is 9.13. The highest BCUT2D eigenvalue weighted by Crippen LogP contribution is 2.26. The van der Waals surface area contributed by atoms with Gasteiger partial charge in [0.15, 0.2) is 0 Å². The molecule has 88 valence electrons. The number of nitrogens with one attached hydrogen (secondary N) is 1. The van der Waals surface area contributed by atoms with Gasteiger partial charge in [-0.1, -0.05) is 36.2 Å². The Morgan fingerprint density at radius 3 is 2.65 bits per heavy atom. The van der Waals surface area contributed by atoms with E-state index in [2.05, 4.69) is 9.97 Å². The number of H-pyrrole nitrogens is 1. The molecule has 1 N–H and O–H groups in total. The first-order valence-corrected chi connectivity index (χ1v) is 5.91. The lowest BCUT2D eigenvalue weighted by atomic mass is 10.1. The van der Waals surface area contributed by atoms with Gasteiger partial charge in [0.25, 0.3) is 5.56 Å². The standard InChI is InChI=1S/C12H10Cl2N2O/c1-2-11-15-10(6-12(17)16-11)7-3-4-8(13)9(14)5-7/h3-6H,2H2,1H3,(H,15,16,17). The normalized spacial score (nSPS) is 10.5. The van der Waals surface area contributed by atoms with E-state index in [9.17, 15) is 4.79 Å². The molecule has 3 nitrogen and oxygen atoms in total. The molecule has 17 heavy (non-hydrogen) atoms. The van der Waals surface area contributed by atoms with Crippen molar-refractivity contribution in [3.8, 4) is 11.3 Å². The van der Waals surface area contributed by atoms with E-state index in [1.165, 1.54) is 6.07 Å². The van der Waals surface area contributed by atoms with Crippen molar-refractivity contribution in [1.29, 1.82) is 0 Å². The van der Waals surface area contributed by atoms with Crippen LogP contribution in [-0.2, 0) is 6.42 Å². The summed E-state index contributed by atoms with van der Waals surface area (Å²) in [7, 11) is 0. The van der Waals surface area contributed by atoms with Crippen LogP contribution in [0.2, 0.25) is 10.0 Å². The van der Waals surface area contributed by atoms with Gasteiger partial charge in [0.05, 0.1) is 15.7 Å². The Kier molecular flexibility index (Phi) is 3.50. The van der Waals surface area contributed by atoms with E-state index in [1.54, 1.807) is 18.2 Å². The van der Waals surface area contributed by atoms with Gasteiger partial charge in [-0.25, -0.2) is 4.98 Å². The maximum atomic E-state index is 11.4. The fourth-order valence-corrected chi connectivity index (χ4v) is 1.78. The average molecular weight is 269 g/mol. The summed E-state index contributed by atoms with van der Waals surface area (Å²) in [6.07, 6.45) is 0.671. The van der Waals surface area contributed by atoms with Gasteiger partial charge in [0.1, 0.15) is 5.82 Å². The van der Waals surface area contributed by atoms with Crippen LogP contribution >= 0.6 is 23.2 Å². The van der Waals surface area contributed by atoms with Crippen molar-refractivity contribution in [2.45, 2.75) is 13.3 Å².